The van der Waals surface area contributed by atoms with Crippen molar-refractivity contribution in [3.63, 3.8) is 0 Å². The number of benzene rings is 1. The number of carbonyl (C=O) groups excluding carboxylic acids is 3. The first-order valence-corrected chi connectivity index (χ1v) is 13.9. The number of β-amino-alcohol motifs (C(OH)–C–C–N with tert-alkyl or cyclic N) is 1. The average Bonchev–Trinajstić information content (AvgIpc) is 3.48. The molecule has 212 valence electrons. The molecule has 1 unspecified atom stereocenters. The van der Waals surface area contributed by atoms with Crippen molar-refractivity contribution in [3.05, 3.63) is 41.0 Å². The number of nitrogens with one attached hydrogen (secondary N) is 2. The number of carboxylic acid groups (broad SMARTS) is 1. The van der Waals surface area contributed by atoms with Crippen molar-refractivity contribution >= 4 is 35.4 Å². The van der Waals surface area contributed by atoms with Gasteiger partial charge in [-0.15, -0.1) is 11.3 Å². The molecule has 10 nitrogen and oxygen atoms in total. The van der Waals surface area contributed by atoms with Crippen LogP contribution in [-0.4, -0.2) is 74.9 Å². The highest BCUT2D eigenvalue weighted by molar-refractivity contribution is 7.13. The zero-order chi connectivity index (χ0) is 28.9. The standard InChI is InChI=1S/C28H38N4O6S/c1-16(18-8-10-19(11-9-18)23-17(2)29-15-39-23)30-25(35)22-13-20(34)14-32(22)26(36)24(28(3,4)5)31-21(27(37)38)7-6-12-33/h8-12,15-16,20-22,24,31,34H,6-7,13-14H2,1-5H3,(H,30,35)(H,37,38)/t16-,20+,21?,22-,24+/m0/s1. The van der Waals surface area contributed by atoms with Gasteiger partial charge < -0.3 is 25.2 Å². The van der Waals surface area contributed by atoms with Crippen LogP contribution in [0.1, 0.15) is 64.3 Å². The van der Waals surface area contributed by atoms with E-state index in [9.17, 15) is 29.4 Å². The largest absolute Gasteiger partial charge is 0.480 e. The highest BCUT2D eigenvalue weighted by atomic mass is 32.1. The molecule has 2 amide bonds. The second kappa shape index (κ2) is 12.8. The lowest BCUT2D eigenvalue weighted by molar-refractivity contribution is -0.145. The van der Waals surface area contributed by atoms with E-state index in [1.54, 1.807) is 37.6 Å². The molecule has 0 aliphatic carbocycles. The summed E-state index contributed by atoms with van der Waals surface area (Å²) in [5, 5.41) is 25.9. The van der Waals surface area contributed by atoms with Crippen LogP contribution in [0.5, 0.6) is 0 Å². The predicted molar refractivity (Wildman–Crippen MR) is 148 cm³/mol. The molecule has 5 atom stereocenters. The number of rotatable bonds is 11. The molecule has 2 heterocycles. The van der Waals surface area contributed by atoms with Crippen LogP contribution in [-0.2, 0) is 19.2 Å². The van der Waals surface area contributed by atoms with Gasteiger partial charge in [0.05, 0.1) is 34.3 Å². The van der Waals surface area contributed by atoms with Crippen LogP contribution >= 0.6 is 11.3 Å². The van der Waals surface area contributed by atoms with E-state index in [4.69, 9.17) is 0 Å². The van der Waals surface area contributed by atoms with E-state index in [0.717, 1.165) is 21.7 Å². The molecule has 1 aromatic carbocycles. The Labute approximate surface area is 232 Å². The van der Waals surface area contributed by atoms with Crippen molar-refractivity contribution < 1.29 is 29.4 Å². The molecule has 11 heteroatoms. The van der Waals surface area contributed by atoms with E-state index < -0.39 is 47.4 Å². The second-order valence-corrected chi connectivity index (χ2v) is 12.0. The molecule has 0 bridgehead atoms. The number of nitrogens with zero attached hydrogens (tertiary/aromatic N) is 2. The number of aromatic nitrogens is 1. The molecule has 1 aliphatic rings. The van der Waals surface area contributed by atoms with Gasteiger partial charge in [-0.25, -0.2) is 4.98 Å². The van der Waals surface area contributed by atoms with E-state index in [2.05, 4.69) is 15.6 Å². The molecule has 1 aliphatic heterocycles. The van der Waals surface area contributed by atoms with Crippen molar-refractivity contribution in [2.45, 2.75) is 84.2 Å². The van der Waals surface area contributed by atoms with Crippen LogP contribution in [0.2, 0.25) is 0 Å². The van der Waals surface area contributed by atoms with Crippen molar-refractivity contribution in [1.29, 1.82) is 0 Å². The number of hydrogen-bond donors (Lipinski definition) is 4. The van der Waals surface area contributed by atoms with E-state index >= 15 is 0 Å². The Balaban J connectivity index is 1.74. The van der Waals surface area contributed by atoms with Crippen molar-refractivity contribution in [1.82, 2.24) is 20.5 Å². The average molecular weight is 559 g/mol. The Morgan fingerprint density at radius 3 is 2.44 bits per heavy atom. The minimum absolute atomic E-state index is 0.0318. The smallest absolute Gasteiger partial charge is 0.320 e. The van der Waals surface area contributed by atoms with Crippen LogP contribution < -0.4 is 10.6 Å². The number of aryl methyl sites for hydroxylation is 1. The van der Waals surface area contributed by atoms with Gasteiger partial charge in [0.15, 0.2) is 0 Å². The summed E-state index contributed by atoms with van der Waals surface area (Å²) in [7, 11) is 0. The molecule has 4 N–H and O–H groups in total. The number of hydrogen-bond acceptors (Lipinski definition) is 8. The summed E-state index contributed by atoms with van der Waals surface area (Å²) in [5.74, 6) is -2.02. The number of likely N-dealkylation sites (tertiary alicyclic amines) is 1. The summed E-state index contributed by atoms with van der Waals surface area (Å²) in [4.78, 5) is 56.4. The number of aldehydes is 1. The molecule has 1 aromatic heterocycles. The summed E-state index contributed by atoms with van der Waals surface area (Å²) in [6, 6.07) is 4.53. The SMILES string of the molecule is Cc1ncsc1-c1ccc([C@H](C)NC(=O)[C@@H]2C[C@@H](O)CN2C(=O)[C@@H](NC(CCC=O)C(=O)O)C(C)(C)C)cc1. The molecular weight excluding hydrogens is 520 g/mol. The highest BCUT2D eigenvalue weighted by Gasteiger charge is 2.45. The van der Waals surface area contributed by atoms with Crippen molar-refractivity contribution in [3.8, 4) is 10.4 Å². The van der Waals surface area contributed by atoms with Crippen LogP contribution in [0.25, 0.3) is 10.4 Å². The van der Waals surface area contributed by atoms with Gasteiger partial charge in [-0.1, -0.05) is 45.0 Å². The second-order valence-electron chi connectivity index (χ2n) is 11.1. The Morgan fingerprint density at radius 2 is 1.90 bits per heavy atom. The van der Waals surface area contributed by atoms with Gasteiger partial charge in [0.2, 0.25) is 11.8 Å². The number of amides is 2. The lowest BCUT2D eigenvalue weighted by Crippen LogP contribution is -2.59. The van der Waals surface area contributed by atoms with Crippen LogP contribution in [0, 0.1) is 12.3 Å². The number of thiazole rings is 1. The Morgan fingerprint density at radius 1 is 1.23 bits per heavy atom. The molecule has 1 fully saturated rings. The zero-order valence-electron chi connectivity index (χ0n) is 23.0. The summed E-state index contributed by atoms with van der Waals surface area (Å²) in [5.41, 5.74) is 3.99. The lowest BCUT2D eigenvalue weighted by Gasteiger charge is -2.37. The molecule has 1 saturated heterocycles. The number of carbonyl (C=O) groups is 4. The minimum atomic E-state index is -1.17. The molecule has 0 saturated carbocycles. The summed E-state index contributed by atoms with van der Waals surface area (Å²) >= 11 is 1.56. The van der Waals surface area contributed by atoms with Crippen LogP contribution in [0.15, 0.2) is 29.8 Å². The third kappa shape index (κ3) is 7.49. The molecule has 0 radical (unpaired) electrons. The van der Waals surface area contributed by atoms with Gasteiger partial charge in [0.1, 0.15) is 18.4 Å². The van der Waals surface area contributed by atoms with Gasteiger partial charge >= 0.3 is 5.97 Å². The maximum absolute atomic E-state index is 13.7. The van der Waals surface area contributed by atoms with Gasteiger partial charge in [0, 0.05) is 19.4 Å². The Hall–Kier alpha value is -3.15. The first kappa shape index (κ1) is 30.4. The minimum Gasteiger partial charge on any atom is -0.480 e. The maximum Gasteiger partial charge on any atom is 0.320 e. The van der Waals surface area contributed by atoms with Gasteiger partial charge in [-0.05, 0) is 36.8 Å². The fraction of sp³-hybridized carbons (Fsp3) is 0.536. The van der Waals surface area contributed by atoms with Crippen LogP contribution in [0.3, 0.4) is 0 Å². The van der Waals surface area contributed by atoms with Crippen LogP contribution in [0.4, 0.5) is 0 Å². The van der Waals surface area contributed by atoms with Gasteiger partial charge in [-0.2, -0.15) is 0 Å². The normalized spacial score (nSPS) is 19.8. The quantitative estimate of drug-likeness (QED) is 0.308. The van der Waals surface area contributed by atoms with Crippen molar-refractivity contribution in [2.24, 2.45) is 5.41 Å². The first-order valence-electron chi connectivity index (χ1n) is 13.0. The molecule has 0 spiro atoms. The van der Waals surface area contributed by atoms with E-state index in [-0.39, 0.29) is 31.8 Å². The van der Waals surface area contributed by atoms with E-state index in [1.165, 1.54) is 4.90 Å². The molecular formula is C28H38N4O6S. The molecule has 3 rings (SSSR count). The topological polar surface area (TPSA) is 149 Å². The van der Waals surface area contributed by atoms with E-state index in [0.29, 0.717) is 6.29 Å². The number of aliphatic hydroxyl groups is 1. The third-order valence-electron chi connectivity index (χ3n) is 6.99. The summed E-state index contributed by atoms with van der Waals surface area (Å²) in [6.45, 7) is 9.16. The summed E-state index contributed by atoms with van der Waals surface area (Å²) < 4.78 is 0. The predicted octanol–water partition coefficient (Wildman–Crippen LogP) is 2.69. The maximum atomic E-state index is 13.7. The summed E-state index contributed by atoms with van der Waals surface area (Å²) in [6.07, 6.45) is -0.0985. The van der Waals surface area contributed by atoms with E-state index in [1.807, 2.05) is 38.1 Å². The Bertz CT molecular complexity index is 1180. The Kier molecular flexibility index (Phi) is 9.98. The molecule has 39 heavy (non-hydrogen) atoms. The molecule has 2 aromatic rings. The number of aliphatic carboxylic acids is 1. The fourth-order valence-electron chi connectivity index (χ4n) is 4.77. The van der Waals surface area contributed by atoms with Gasteiger partial charge in [-0.3, -0.25) is 19.7 Å². The number of carboxylic acids is 1. The first-order chi connectivity index (χ1) is 18.3. The monoisotopic (exact) mass is 558 g/mol. The van der Waals surface area contributed by atoms with Crippen molar-refractivity contribution in [2.75, 3.05) is 6.54 Å². The third-order valence-corrected chi connectivity index (χ3v) is 7.97. The highest BCUT2D eigenvalue weighted by Crippen LogP contribution is 2.29. The number of aliphatic hydroxyl groups excluding tert-OH is 1. The lowest BCUT2D eigenvalue weighted by atomic mass is 9.84. The zero-order valence-corrected chi connectivity index (χ0v) is 23.8. The fourth-order valence-corrected chi connectivity index (χ4v) is 5.58. The van der Waals surface area contributed by atoms with Gasteiger partial charge in [0.25, 0.3) is 0 Å².